The van der Waals surface area contributed by atoms with Crippen LogP contribution in [0.1, 0.15) is 15.9 Å². The molecule has 0 aliphatic rings. The third-order valence-corrected chi connectivity index (χ3v) is 2.93. The van der Waals surface area contributed by atoms with Crippen molar-refractivity contribution in [2.75, 3.05) is 0 Å². The maximum Gasteiger partial charge on any atom is 0.335 e. The topological polar surface area (TPSA) is 91.8 Å². The quantitative estimate of drug-likeness (QED) is 0.764. The highest BCUT2D eigenvalue weighted by Gasteiger charge is 2.10. The Hall–Kier alpha value is -3.20. The Morgan fingerprint density at radius 2 is 1.95 bits per heavy atom. The highest BCUT2D eigenvalue weighted by molar-refractivity contribution is 5.92. The molecule has 1 heterocycles. The van der Waals surface area contributed by atoms with Crippen LogP contribution in [0.4, 0.5) is 0 Å². The van der Waals surface area contributed by atoms with Crippen LogP contribution >= 0.6 is 0 Å². The smallest absolute Gasteiger partial charge is 0.335 e. The Kier molecular flexibility index (Phi) is 2.66. The molecule has 2 aromatic carbocycles. The Bertz CT molecular complexity index is 844. The monoisotopic (exact) mass is 264 g/mol. The lowest BCUT2D eigenvalue weighted by Crippen LogP contribution is -1.99. The second-order valence-corrected chi connectivity index (χ2v) is 4.17. The largest absolute Gasteiger partial charge is 0.478 e. The fourth-order valence-corrected chi connectivity index (χ4v) is 1.92. The number of carbonyl (C=O) groups is 1. The number of benzene rings is 2. The van der Waals surface area contributed by atoms with Gasteiger partial charge in [0.05, 0.1) is 28.4 Å². The normalized spacial score (nSPS) is 10.3. The highest BCUT2D eigenvalue weighted by atomic mass is 16.4. The van der Waals surface area contributed by atoms with Crippen molar-refractivity contribution in [3.05, 3.63) is 53.6 Å². The van der Waals surface area contributed by atoms with Crippen LogP contribution in [0.25, 0.3) is 16.7 Å². The summed E-state index contributed by atoms with van der Waals surface area (Å²) in [6.07, 6.45) is 0. The summed E-state index contributed by atoms with van der Waals surface area (Å²) < 4.78 is 1.54. The van der Waals surface area contributed by atoms with Crippen molar-refractivity contribution >= 4 is 17.0 Å². The van der Waals surface area contributed by atoms with Crippen LogP contribution in [0.3, 0.4) is 0 Å². The number of aromatic nitrogens is 3. The summed E-state index contributed by atoms with van der Waals surface area (Å²) in [5.41, 5.74) is 2.65. The van der Waals surface area contributed by atoms with Crippen molar-refractivity contribution in [1.29, 1.82) is 5.26 Å². The predicted molar refractivity (Wildman–Crippen MR) is 70.5 cm³/mol. The first-order valence-corrected chi connectivity index (χ1v) is 5.78. The van der Waals surface area contributed by atoms with E-state index < -0.39 is 5.97 Å². The van der Waals surface area contributed by atoms with Crippen LogP contribution < -0.4 is 0 Å². The van der Waals surface area contributed by atoms with Gasteiger partial charge in [-0.05, 0) is 42.5 Å². The second kappa shape index (κ2) is 4.48. The number of nitrogens with zero attached hydrogens (tertiary/aromatic N) is 4. The first-order chi connectivity index (χ1) is 9.69. The molecule has 0 amide bonds. The number of fused-ring (bicyclic) bond motifs is 1. The fraction of sp³-hybridized carbons (Fsp3) is 0. The lowest BCUT2D eigenvalue weighted by molar-refractivity contribution is 0.0697. The molecule has 1 N–H and O–H groups in total. The summed E-state index contributed by atoms with van der Waals surface area (Å²) in [7, 11) is 0. The van der Waals surface area contributed by atoms with E-state index in [0.717, 1.165) is 0 Å². The minimum atomic E-state index is -1.00. The van der Waals surface area contributed by atoms with Crippen LogP contribution in [-0.2, 0) is 0 Å². The zero-order valence-electron chi connectivity index (χ0n) is 10.2. The maximum absolute atomic E-state index is 11.0. The molecule has 0 saturated carbocycles. The Balaban J connectivity index is 2.17. The molecule has 6 nitrogen and oxygen atoms in total. The fourth-order valence-electron chi connectivity index (χ4n) is 1.92. The SMILES string of the molecule is N#Cc1ccc(-n2nnc3ccc(C(=O)O)cc32)cc1. The average molecular weight is 264 g/mol. The molecule has 0 aliphatic heterocycles. The van der Waals surface area contributed by atoms with Gasteiger partial charge in [-0.2, -0.15) is 5.26 Å². The number of aromatic carboxylic acids is 1. The molecule has 96 valence electrons. The van der Waals surface area contributed by atoms with Crippen molar-refractivity contribution in [1.82, 2.24) is 15.0 Å². The number of carboxylic acids is 1. The molecule has 1 aromatic heterocycles. The van der Waals surface area contributed by atoms with Gasteiger partial charge in [0, 0.05) is 0 Å². The first kappa shape index (κ1) is 11.9. The number of hydrogen-bond donors (Lipinski definition) is 1. The van der Waals surface area contributed by atoms with Gasteiger partial charge >= 0.3 is 5.97 Å². The number of nitriles is 1. The van der Waals surface area contributed by atoms with E-state index in [2.05, 4.69) is 10.3 Å². The van der Waals surface area contributed by atoms with E-state index >= 15 is 0 Å². The van der Waals surface area contributed by atoms with E-state index in [-0.39, 0.29) is 5.56 Å². The minimum absolute atomic E-state index is 0.176. The molecule has 0 fully saturated rings. The average Bonchev–Trinajstić information content (AvgIpc) is 2.90. The third-order valence-electron chi connectivity index (χ3n) is 2.93. The summed E-state index contributed by atoms with van der Waals surface area (Å²) >= 11 is 0. The molecule has 3 rings (SSSR count). The lowest BCUT2D eigenvalue weighted by Gasteiger charge is -2.02. The molecule has 0 radical (unpaired) electrons. The minimum Gasteiger partial charge on any atom is -0.478 e. The zero-order chi connectivity index (χ0) is 14.1. The first-order valence-electron chi connectivity index (χ1n) is 5.78. The molecule has 20 heavy (non-hydrogen) atoms. The van der Waals surface area contributed by atoms with Crippen LogP contribution in [0, 0.1) is 11.3 Å². The van der Waals surface area contributed by atoms with E-state index in [1.807, 2.05) is 6.07 Å². The van der Waals surface area contributed by atoms with E-state index in [4.69, 9.17) is 10.4 Å². The van der Waals surface area contributed by atoms with Crippen LogP contribution in [0.15, 0.2) is 42.5 Å². The van der Waals surface area contributed by atoms with E-state index in [1.165, 1.54) is 12.1 Å². The summed E-state index contributed by atoms with van der Waals surface area (Å²) in [6.45, 7) is 0. The molecule has 6 heteroatoms. The van der Waals surface area contributed by atoms with Gasteiger partial charge in [-0.15, -0.1) is 5.10 Å². The van der Waals surface area contributed by atoms with Crippen molar-refractivity contribution in [3.8, 4) is 11.8 Å². The van der Waals surface area contributed by atoms with Crippen molar-refractivity contribution < 1.29 is 9.90 Å². The van der Waals surface area contributed by atoms with Crippen LogP contribution in [-0.4, -0.2) is 26.1 Å². The number of rotatable bonds is 2. The van der Waals surface area contributed by atoms with E-state index in [0.29, 0.717) is 22.3 Å². The molecule has 0 saturated heterocycles. The standard InChI is InChI=1S/C14H8N4O2/c15-8-9-1-4-11(5-2-9)18-13-7-10(14(19)20)3-6-12(13)16-17-18/h1-7H,(H,19,20). The summed E-state index contributed by atoms with van der Waals surface area (Å²) in [6, 6.07) is 13.5. The van der Waals surface area contributed by atoms with Gasteiger partial charge in [0.1, 0.15) is 5.52 Å². The molecule has 0 spiro atoms. The lowest BCUT2D eigenvalue weighted by atomic mass is 10.2. The van der Waals surface area contributed by atoms with Gasteiger partial charge in [0.2, 0.25) is 0 Å². The van der Waals surface area contributed by atoms with Gasteiger partial charge in [0.25, 0.3) is 0 Å². The number of hydrogen-bond acceptors (Lipinski definition) is 4. The van der Waals surface area contributed by atoms with Crippen molar-refractivity contribution in [2.45, 2.75) is 0 Å². The van der Waals surface area contributed by atoms with Crippen molar-refractivity contribution in [3.63, 3.8) is 0 Å². The maximum atomic E-state index is 11.0. The summed E-state index contributed by atoms with van der Waals surface area (Å²) in [5.74, 6) is -1.00. The van der Waals surface area contributed by atoms with Crippen molar-refractivity contribution in [2.24, 2.45) is 0 Å². The predicted octanol–water partition coefficient (Wildman–Crippen LogP) is 1.99. The van der Waals surface area contributed by atoms with Crippen LogP contribution in [0.5, 0.6) is 0 Å². The van der Waals surface area contributed by atoms with Gasteiger partial charge in [0.15, 0.2) is 0 Å². The van der Waals surface area contributed by atoms with Crippen LogP contribution in [0.2, 0.25) is 0 Å². The van der Waals surface area contributed by atoms with Gasteiger partial charge < -0.3 is 5.11 Å². The Morgan fingerprint density at radius 1 is 1.20 bits per heavy atom. The highest BCUT2D eigenvalue weighted by Crippen LogP contribution is 2.18. The second-order valence-electron chi connectivity index (χ2n) is 4.17. The van der Waals surface area contributed by atoms with Gasteiger partial charge in [-0.25, -0.2) is 9.48 Å². The van der Waals surface area contributed by atoms with Gasteiger partial charge in [-0.1, -0.05) is 5.21 Å². The zero-order valence-corrected chi connectivity index (χ0v) is 10.2. The molecule has 3 aromatic rings. The summed E-state index contributed by atoms with van der Waals surface area (Å²) in [5, 5.41) is 25.8. The molecule has 0 unspecified atom stereocenters. The molecule has 0 atom stereocenters. The van der Waals surface area contributed by atoms with E-state index in [9.17, 15) is 4.79 Å². The van der Waals surface area contributed by atoms with Gasteiger partial charge in [-0.3, -0.25) is 0 Å². The Morgan fingerprint density at radius 3 is 2.60 bits per heavy atom. The molecule has 0 bridgehead atoms. The Labute approximate surface area is 113 Å². The van der Waals surface area contributed by atoms with E-state index in [1.54, 1.807) is 35.0 Å². The number of carboxylic acid groups (broad SMARTS) is 1. The molecular formula is C14H8N4O2. The molecular weight excluding hydrogens is 256 g/mol. The summed E-state index contributed by atoms with van der Waals surface area (Å²) in [4.78, 5) is 11.0. The molecule has 0 aliphatic carbocycles. The third kappa shape index (κ3) is 1.87.